The molecule has 2 rings (SSSR count). The lowest BCUT2D eigenvalue weighted by Gasteiger charge is -2.17. The van der Waals surface area contributed by atoms with Crippen LogP contribution in [-0.4, -0.2) is 49.0 Å². The molecule has 0 aromatic rings. The zero-order valence-electron chi connectivity index (χ0n) is 10.7. The van der Waals surface area contributed by atoms with Crippen LogP contribution in [0.3, 0.4) is 0 Å². The molecule has 2 heterocycles. The van der Waals surface area contributed by atoms with Crippen molar-refractivity contribution in [3.8, 4) is 0 Å². The van der Waals surface area contributed by atoms with Gasteiger partial charge < -0.3 is 20.5 Å². The first-order valence-electron chi connectivity index (χ1n) is 6.52. The molecule has 4 atom stereocenters. The van der Waals surface area contributed by atoms with Gasteiger partial charge in [-0.3, -0.25) is 4.79 Å². The summed E-state index contributed by atoms with van der Waals surface area (Å²) in [6.07, 6.45) is 2.37. The Bertz CT molecular complexity index is 278. The van der Waals surface area contributed by atoms with Crippen LogP contribution in [0.15, 0.2) is 0 Å². The van der Waals surface area contributed by atoms with Crippen LogP contribution in [0, 0.1) is 5.92 Å². The third kappa shape index (κ3) is 3.82. The average Bonchev–Trinajstić information content (AvgIpc) is 2.94. The Kier molecular flexibility index (Phi) is 6.35. The number of hydrogen-bond donors (Lipinski definition) is 3. The van der Waals surface area contributed by atoms with Gasteiger partial charge in [-0.25, -0.2) is 0 Å². The van der Waals surface area contributed by atoms with E-state index < -0.39 is 0 Å². The quantitative estimate of drug-likeness (QED) is 0.680. The molecule has 0 radical (unpaired) electrons. The molecule has 0 bridgehead atoms. The minimum Gasteiger partial charge on any atom is -0.391 e. The van der Waals surface area contributed by atoms with Gasteiger partial charge >= 0.3 is 0 Å². The Hall–Kier alpha value is -0.360. The van der Waals surface area contributed by atoms with Crippen molar-refractivity contribution in [1.82, 2.24) is 10.6 Å². The normalized spacial score (nSPS) is 35.2. The smallest absolute Gasteiger partial charge is 0.249 e. The maximum absolute atomic E-state index is 11.8. The van der Waals surface area contributed by atoms with Crippen LogP contribution in [-0.2, 0) is 9.53 Å². The van der Waals surface area contributed by atoms with Crippen molar-refractivity contribution in [3.05, 3.63) is 0 Å². The van der Waals surface area contributed by atoms with E-state index in [4.69, 9.17) is 4.74 Å². The number of rotatable bonds is 4. The molecule has 2 fully saturated rings. The van der Waals surface area contributed by atoms with Gasteiger partial charge in [-0.05, 0) is 19.3 Å². The van der Waals surface area contributed by atoms with Crippen molar-refractivity contribution in [2.24, 2.45) is 5.92 Å². The lowest BCUT2D eigenvalue weighted by molar-refractivity contribution is -0.132. The van der Waals surface area contributed by atoms with Crippen molar-refractivity contribution in [1.29, 1.82) is 0 Å². The Morgan fingerprint density at radius 2 is 2.22 bits per heavy atom. The summed E-state index contributed by atoms with van der Waals surface area (Å²) >= 11 is 0. The number of ether oxygens (including phenoxy) is 1. The van der Waals surface area contributed by atoms with Gasteiger partial charge in [0.25, 0.3) is 0 Å². The summed E-state index contributed by atoms with van der Waals surface area (Å²) in [6, 6.07) is 0. The van der Waals surface area contributed by atoms with Gasteiger partial charge in [-0.15, -0.1) is 12.4 Å². The molecule has 0 saturated carbocycles. The van der Waals surface area contributed by atoms with E-state index in [9.17, 15) is 9.90 Å². The summed E-state index contributed by atoms with van der Waals surface area (Å²) in [5.74, 6) is 0.0994. The number of hydrogen-bond acceptors (Lipinski definition) is 4. The molecule has 0 spiro atoms. The van der Waals surface area contributed by atoms with Crippen molar-refractivity contribution in [2.75, 3.05) is 19.6 Å². The number of carbonyl (C=O) groups is 1. The third-order valence-corrected chi connectivity index (χ3v) is 3.70. The monoisotopic (exact) mass is 278 g/mol. The van der Waals surface area contributed by atoms with Crippen molar-refractivity contribution in [3.63, 3.8) is 0 Å². The summed E-state index contributed by atoms with van der Waals surface area (Å²) in [4.78, 5) is 11.8. The van der Waals surface area contributed by atoms with E-state index in [1.54, 1.807) is 0 Å². The molecule has 106 valence electrons. The predicted octanol–water partition coefficient (Wildman–Crippen LogP) is 0.0623. The maximum atomic E-state index is 11.8. The van der Waals surface area contributed by atoms with Crippen LogP contribution in [0.2, 0.25) is 0 Å². The number of halogens is 1. The van der Waals surface area contributed by atoms with Crippen molar-refractivity contribution >= 4 is 18.3 Å². The Labute approximate surface area is 114 Å². The molecule has 4 unspecified atom stereocenters. The highest BCUT2D eigenvalue weighted by atomic mass is 35.5. The molecule has 0 aliphatic carbocycles. The van der Waals surface area contributed by atoms with Crippen LogP contribution in [0.25, 0.3) is 0 Å². The minimum atomic E-state index is -0.344. The van der Waals surface area contributed by atoms with Gasteiger partial charge in [0, 0.05) is 25.6 Å². The molecule has 6 heteroatoms. The maximum Gasteiger partial charge on any atom is 0.249 e. The molecule has 0 aromatic carbocycles. The largest absolute Gasteiger partial charge is 0.391 e. The summed E-state index contributed by atoms with van der Waals surface area (Å²) in [5, 5.41) is 15.6. The molecule has 2 aliphatic heterocycles. The second kappa shape index (κ2) is 7.28. The van der Waals surface area contributed by atoms with Crippen LogP contribution in [0.5, 0.6) is 0 Å². The van der Waals surface area contributed by atoms with Gasteiger partial charge in [0.2, 0.25) is 5.91 Å². The standard InChI is InChI=1S/C12H22N2O3.ClH/c1-2-9-3-4-11(17-9)12(16)14-6-8-5-13-7-10(8)15;/h8-11,13,15H,2-7H2,1H3,(H,14,16);1H. The van der Waals surface area contributed by atoms with E-state index in [-0.39, 0.29) is 42.5 Å². The zero-order chi connectivity index (χ0) is 12.3. The molecule has 2 aliphatic rings. The highest BCUT2D eigenvalue weighted by molar-refractivity contribution is 5.85. The fourth-order valence-electron chi connectivity index (χ4n) is 2.47. The Morgan fingerprint density at radius 1 is 1.44 bits per heavy atom. The van der Waals surface area contributed by atoms with Crippen molar-refractivity contribution < 1.29 is 14.6 Å². The summed E-state index contributed by atoms with van der Waals surface area (Å²) in [7, 11) is 0. The number of nitrogens with one attached hydrogen (secondary N) is 2. The Morgan fingerprint density at radius 3 is 2.78 bits per heavy atom. The summed E-state index contributed by atoms with van der Waals surface area (Å²) < 4.78 is 5.62. The molecular weight excluding hydrogens is 256 g/mol. The first-order chi connectivity index (χ1) is 8.20. The van der Waals surface area contributed by atoms with E-state index in [1.807, 2.05) is 0 Å². The van der Waals surface area contributed by atoms with E-state index in [0.717, 1.165) is 25.8 Å². The van der Waals surface area contributed by atoms with Crippen LogP contribution in [0.4, 0.5) is 0 Å². The number of aliphatic hydroxyl groups is 1. The van der Waals surface area contributed by atoms with Crippen LogP contribution >= 0.6 is 12.4 Å². The fraction of sp³-hybridized carbons (Fsp3) is 0.917. The molecule has 18 heavy (non-hydrogen) atoms. The van der Waals surface area contributed by atoms with E-state index in [1.165, 1.54) is 0 Å². The molecule has 5 nitrogen and oxygen atoms in total. The van der Waals surface area contributed by atoms with E-state index in [2.05, 4.69) is 17.6 Å². The lowest BCUT2D eigenvalue weighted by Crippen LogP contribution is -2.40. The molecular formula is C12H23ClN2O3. The number of amides is 1. The number of β-amino-alcohol motifs (C(OH)–C–C–N with tert-alkyl or cyclic N) is 1. The second-order valence-electron chi connectivity index (χ2n) is 4.96. The van der Waals surface area contributed by atoms with Gasteiger partial charge in [-0.1, -0.05) is 6.92 Å². The summed E-state index contributed by atoms with van der Waals surface area (Å²) in [5.41, 5.74) is 0. The topological polar surface area (TPSA) is 70.6 Å². The highest BCUT2D eigenvalue weighted by Crippen LogP contribution is 2.21. The first kappa shape index (κ1) is 15.7. The number of aliphatic hydroxyl groups excluding tert-OH is 1. The van der Waals surface area contributed by atoms with Gasteiger partial charge in [0.05, 0.1) is 12.2 Å². The third-order valence-electron chi connectivity index (χ3n) is 3.70. The van der Waals surface area contributed by atoms with E-state index in [0.29, 0.717) is 13.1 Å². The van der Waals surface area contributed by atoms with Gasteiger partial charge in [-0.2, -0.15) is 0 Å². The van der Waals surface area contributed by atoms with Crippen LogP contribution < -0.4 is 10.6 Å². The van der Waals surface area contributed by atoms with Crippen molar-refractivity contribution in [2.45, 2.75) is 44.5 Å². The molecule has 1 amide bonds. The molecule has 0 aromatic heterocycles. The minimum absolute atomic E-state index is 0. The van der Waals surface area contributed by atoms with Gasteiger partial charge in [0.1, 0.15) is 6.10 Å². The zero-order valence-corrected chi connectivity index (χ0v) is 11.5. The van der Waals surface area contributed by atoms with E-state index >= 15 is 0 Å². The first-order valence-corrected chi connectivity index (χ1v) is 6.52. The molecule has 3 N–H and O–H groups in total. The highest BCUT2D eigenvalue weighted by Gasteiger charge is 2.31. The molecule has 2 saturated heterocycles. The van der Waals surface area contributed by atoms with Gasteiger partial charge in [0.15, 0.2) is 0 Å². The second-order valence-corrected chi connectivity index (χ2v) is 4.96. The Balaban J connectivity index is 0.00000162. The lowest BCUT2D eigenvalue weighted by atomic mass is 10.1. The fourth-order valence-corrected chi connectivity index (χ4v) is 2.47. The SMILES string of the molecule is CCC1CCC(C(=O)NCC2CNCC2O)O1.Cl. The predicted molar refractivity (Wildman–Crippen MR) is 70.8 cm³/mol. The average molecular weight is 279 g/mol. The van der Waals surface area contributed by atoms with Crippen LogP contribution in [0.1, 0.15) is 26.2 Å². The number of carbonyl (C=O) groups excluding carboxylic acids is 1. The summed E-state index contributed by atoms with van der Waals surface area (Å²) in [6.45, 7) is 4.00.